The molecule has 1 aromatic heterocycles. The third kappa shape index (κ3) is 5.06. The lowest BCUT2D eigenvalue weighted by atomic mass is 10.2. The van der Waals surface area contributed by atoms with Crippen LogP contribution in [0.3, 0.4) is 0 Å². The first-order valence-electron chi connectivity index (χ1n) is 7.80. The first-order valence-corrected chi connectivity index (χ1v) is 8.17. The van der Waals surface area contributed by atoms with E-state index in [2.05, 4.69) is 15.4 Å². The summed E-state index contributed by atoms with van der Waals surface area (Å²) in [6.45, 7) is 0.769. The molecular weight excluding hydrogens is 340 g/mol. The average Bonchev–Trinajstić information content (AvgIpc) is 3.15. The Bertz CT molecular complexity index is 819. The van der Waals surface area contributed by atoms with Crippen molar-refractivity contribution in [2.75, 3.05) is 6.61 Å². The number of halogens is 1. The van der Waals surface area contributed by atoms with Gasteiger partial charge in [-0.1, -0.05) is 29.8 Å². The van der Waals surface area contributed by atoms with Crippen LogP contribution in [0.1, 0.15) is 12.0 Å². The Morgan fingerprint density at radius 3 is 2.76 bits per heavy atom. The lowest BCUT2D eigenvalue weighted by Gasteiger charge is -2.08. The van der Waals surface area contributed by atoms with E-state index >= 15 is 0 Å². The van der Waals surface area contributed by atoms with Gasteiger partial charge in [-0.05, 0) is 35.9 Å². The van der Waals surface area contributed by atoms with Crippen molar-refractivity contribution >= 4 is 17.5 Å². The number of aromatic nitrogens is 3. The predicted molar refractivity (Wildman–Crippen MR) is 94.8 cm³/mol. The molecule has 0 radical (unpaired) electrons. The molecule has 0 aliphatic rings. The maximum atomic E-state index is 11.9. The number of carbonyl (C=O) groups is 1. The third-order valence-corrected chi connectivity index (χ3v) is 3.74. The SMILES string of the molecule is O=C(CCOc1cccc(Cl)c1)NCc1ccc(-n2cncn2)cc1. The van der Waals surface area contributed by atoms with Crippen molar-refractivity contribution in [3.63, 3.8) is 0 Å². The lowest BCUT2D eigenvalue weighted by Crippen LogP contribution is -2.24. The summed E-state index contributed by atoms with van der Waals surface area (Å²) < 4.78 is 7.18. The van der Waals surface area contributed by atoms with E-state index in [0.29, 0.717) is 23.9 Å². The molecule has 0 aliphatic carbocycles. The summed E-state index contributed by atoms with van der Waals surface area (Å²) in [5, 5.41) is 7.55. The highest BCUT2D eigenvalue weighted by atomic mass is 35.5. The average molecular weight is 357 g/mol. The van der Waals surface area contributed by atoms with Crippen LogP contribution in [0, 0.1) is 0 Å². The molecule has 7 heteroatoms. The molecular formula is C18H17ClN4O2. The van der Waals surface area contributed by atoms with Crippen molar-refractivity contribution in [3.05, 3.63) is 71.8 Å². The summed E-state index contributed by atoms with van der Waals surface area (Å²) in [6, 6.07) is 14.9. The molecule has 2 aromatic carbocycles. The summed E-state index contributed by atoms with van der Waals surface area (Å²) in [6.07, 6.45) is 3.40. The summed E-state index contributed by atoms with van der Waals surface area (Å²) in [4.78, 5) is 15.8. The topological polar surface area (TPSA) is 69.0 Å². The van der Waals surface area contributed by atoms with E-state index in [9.17, 15) is 4.79 Å². The largest absolute Gasteiger partial charge is 0.493 e. The van der Waals surface area contributed by atoms with E-state index in [4.69, 9.17) is 16.3 Å². The molecule has 6 nitrogen and oxygen atoms in total. The molecule has 0 unspecified atom stereocenters. The second-order valence-electron chi connectivity index (χ2n) is 5.34. The van der Waals surface area contributed by atoms with Crippen LogP contribution in [0.2, 0.25) is 5.02 Å². The molecule has 0 saturated heterocycles. The van der Waals surface area contributed by atoms with Crippen LogP contribution >= 0.6 is 11.6 Å². The fraction of sp³-hybridized carbons (Fsp3) is 0.167. The smallest absolute Gasteiger partial charge is 0.223 e. The number of nitrogens with zero attached hydrogens (tertiary/aromatic N) is 3. The maximum Gasteiger partial charge on any atom is 0.223 e. The van der Waals surface area contributed by atoms with Gasteiger partial charge >= 0.3 is 0 Å². The van der Waals surface area contributed by atoms with Crippen LogP contribution in [0.4, 0.5) is 0 Å². The number of carbonyl (C=O) groups excluding carboxylic acids is 1. The second kappa shape index (κ2) is 8.30. The first kappa shape index (κ1) is 17.0. The van der Waals surface area contributed by atoms with Gasteiger partial charge in [0.25, 0.3) is 0 Å². The monoisotopic (exact) mass is 356 g/mol. The molecule has 0 bridgehead atoms. The second-order valence-corrected chi connectivity index (χ2v) is 5.78. The van der Waals surface area contributed by atoms with E-state index in [-0.39, 0.29) is 12.3 Å². The Labute approximate surface area is 150 Å². The van der Waals surface area contributed by atoms with Gasteiger partial charge in [-0.25, -0.2) is 9.67 Å². The lowest BCUT2D eigenvalue weighted by molar-refractivity contribution is -0.121. The zero-order valence-electron chi connectivity index (χ0n) is 13.4. The van der Waals surface area contributed by atoms with Gasteiger partial charge in [0, 0.05) is 11.6 Å². The van der Waals surface area contributed by atoms with Gasteiger partial charge in [0.1, 0.15) is 18.4 Å². The zero-order chi connectivity index (χ0) is 17.5. The first-order chi connectivity index (χ1) is 12.2. The van der Waals surface area contributed by atoms with E-state index in [1.165, 1.54) is 6.33 Å². The Kier molecular flexibility index (Phi) is 5.64. The van der Waals surface area contributed by atoms with E-state index in [1.807, 2.05) is 24.3 Å². The zero-order valence-corrected chi connectivity index (χ0v) is 14.2. The highest BCUT2D eigenvalue weighted by Gasteiger charge is 2.03. The summed E-state index contributed by atoms with van der Waals surface area (Å²) in [5.41, 5.74) is 1.93. The maximum absolute atomic E-state index is 11.9. The van der Waals surface area contributed by atoms with Crippen molar-refractivity contribution in [2.24, 2.45) is 0 Å². The van der Waals surface area contributed by atoms with Crippen molar-refractivity contribution in [3.8, 4) is 11.4 Å². The van der Waals surface area contributed by atoms with Gasteiger partial charge in [-0.2, -0.15) is 5.10 Å². The Morgan fingerprint density at radius 2 is 2.04 bits per heavy atom. The minimum atomic E-state index is -0.0672. The molecule has 1 amide bonds. The molecule has 3 aromatic rings. The summed E-state index contributed by atoms with van der Waals surface area (Å²) in [7, 11) is 0. The molecule has 0 spiro atoms. The van der Waals surface area contributed by atoms with E-state index in [0.717, 1.165) is 11.3 Å². The van der Waals surface area contributed by atoms with Crippen LogP contribution in [0.5, 0.6) is 5.75 Å². The third-order valence-electron chi connectivity index (χ3n) is 3.50. The van der Waals surface area contributed by atoms with Crippen molar-refractivity contribution in [2.45, 2.75) is 13.0 Å². The van der Waals surface area contributed by atoms with Crippen LogP contribution in [0.25, 0.3) is 5.69 Å². The molecule has 0 saturated carbocycles. The van der Waals surface area contributed by atoms with Crippen molar-refractivity contribution < 1.29 is 9.53 Å². The van der Waals surface area contributed by atoms with E-state index in [1.54, 1.807) is 35.3 Å². The molecule has 3 rings (SSSR count). The fourth-order valence-electron chi connectivity index (χ4n) is 2.22. The number of ether oxygens (including phenoxy) is 1. The molecule has 0 atom stereocenters. The number of hydrogen-bond acceptors (Lipinski definition) is 4. The molecule has 128 valence electrons. The molecule has 0 aliphatic heterocycles. The number of nitrogens with one attached hydrogen (secondary N) is 1. The van der Waals surface area contributed by atoms with Gasteiger partial charge in [-0.15, -0.1) is 0 Å². The molecule has 0 fully saturated rings. The summed E-state index contributed by atoms with van der Waals surface area (Å²) in [5.74, 6) is 0.589. The normalized spacial score (nSPS) is 10.4. The quantitative estimate of drug-likeness (QED) is 0.706. The minimum Gasteiger partial charge on any atom is -0.493 e. The fourth-order valence-corrected chi connectivity index (χ4v) is 2.40. The van der Waals surface area contributed by atoms with Gasteiger partial charge in [0.15, 0.2) is 0 Å². The van der Waals surface area contributed by atoms with Gasteiger partial charge < -0.3 is 10.1 Å². The number of amides is 1. The molecule has 1 heterocycles. The highest BCUT2D eigenvalue weighted by Crippen LogP contribution is 2.17. The van der Waals surface area contributed by atoms with Gasteiger partial charge in [0.05, 0.1) is 18.7 Å². The van der Waals surface area contributed by atoms with E-state index < -0.39 is 0 Å². The Hall–Kier alpha value is -2.86. The number of hydrogen-bond donors (Lipinski definition) is 1. The predicted octanol–water partition coefficient (Wildman–Crippen LogP) is 3.01. The Morgan fingerprint density at radius 1 is 1.20 bits per heavy atom. The van der Waals surface area contributed by atoms with Crippen LogP contribution in [-0.2, 0) is 11.3 Å². The van der Waals surface area contributed by atoms with Gasteiger partial charge in [-0.3, -0.25) is 4.79 Å². The Balaban J connectivity index is 1.41. The molecule has 1 N–H and O–H groups in total. The number of benzene rings is 2. The van der Waals surface area contributed by atoms with Crippen molar-refractivity contribution in [1.29, 1.82) is 0 Å². The van der Waals surface area contributed by atoms with Crippen LogP contribution in [-0.4, -0.2) is 27.3 Å². The molecule has 25 heavy (non-hydrogen) atoms. The summed E-state index contributed by atoms with van der Waals surface area (Å²) >= 11 is 5.88. The standard InChI is InChI=1S/C18H17ClN4O2/c19-15-2-1-3-17(10-15)25-9-8-18(24)21-11-14-4-6-16(7-5-14)23-13-20-12-22-23/h1-7,10,12-13H,8-9,11H2,(H,21,24). The van der Waals surface area contributed by atoms with Crippen molar-refractivity contribution in [1.82, 2.24) is 20.1 Å². The van der Waals surface area contributed by atoms with Crippen LogP contribution < -0.4 is 10.1 Å². The van der Waals surface area contributed by atoms with Gasteiger partial charge in [0.2, 0.25) is 5.91 Å². The minimum absolute atomic E-state index is 0.0672. The van der Waals surface area contributed by atoms with Crippen LogP contribution in [0.15, 0.2) is 61.2 Å². The highest BCUT2D eigenvalue weighted by molar-refractivity contribution is 6.30. The number of rotatable bonds is 7.